The maximum atomic E-state index is 14.9. The van der Waals surface area contributed by atoms with Gasteiger partial charge in [-0.25, -0.2) is 4.79 Å². The monoisotopic (exact) mass is 728 g/mol. The number of nitrogens with two attached hydrogens (primary N) is 1. The van der Waals surface area contributed by atoms with Crippen molar-refractivity contribution in [3.8, 4) is 0 Å². The molecule has 1 unspecified atom stereocenters. The lowest BCUT2D eigenvalue weighted by Gasteiger charge is -2.45. The number of primary amides is 1. The van der Waals surface area contributed by atoms with Crippen LogP contribution < -0.4 is 21.7 Å². The first kappa shape index (κ1) is 40.0. The molecule has 13 heteroatoms. The third-order valence-electron chi connectivity index (χ3n) is 13.8. The minimum atomic E-state index is -1.09. The molecule has 2 spiro atoms. The van der Waals surface area contributed by atoms with Crippen molar-refractivity contribution >= 4 is 35.4 Å². The number of urea groups is 1. The summed E-state index contributed by atoms with van der Waals surface area (Å²) in [5.41, 5.74) is 3.02. The van der Waals surface area contributed by atoms with E-state index in [1.54, 1.807) is 9.80 Å². The number of nitrogens with one attached hydrogen (secondary N) is 3. The number of likely N-dealkylation sites (tertiary alicyclic amines) is 1. The van der Waals surface area contributed by atoms with Gasteiger partial charge in [0, 0.05) is 18.5 Å². The minimum Gasteiger partial charge on any atom is -0.377 e. The highest BCUT2D eigenvalue weighted by Gasteiger charge is 2.85. The van der Waals surface area contributed by atoms with Crippen molar-refractivity contribution in [2.24, 2.45) is 38.7 Å². The number of carbonyl (C=O) groups is 6. The van der Waals surface area contributed by atoms with Gasteiger partial charge in [0.25, 0.3) is 5.91 Å². The van der Waals surface area contributed by atoms with E-state index in [1.807, 2.05) is 55.4 Å². The molecule has 52 heavy (non-hydrogen) atoms. The van der Waals surface area contributed by atoms with Gasteiger partial charge in [0.05, 0.1) is 24.8 Å². The van der Waals surface area contributed by atoms with Crippen LogP contribution in [0.15, 0.2) is 0 Å². The number of hydrogen-bond donors (Lipinski definition) is 4. The van der Waals surface area contributed by atoms with Crippen LogP contribution in [0.4, 0.5) is 4.79 Å². The fourth-order valence-corrected chi connectivity index (χ4v) is 9.99. The molecule has 0 radical (unpaired) electrons. The summed E-state index contributed by atoms with van der Waals surface area (Å²) < 4.78 is 5.62. The molecule has 5 fully saturated rings. The maximum Gasteiger partial charge on any atom is 0.316 e. The van der Waals surface area contributed by atoms with Gasteiger partial charge in [-0.1, -0.05) is 81.1 Å². The van der Waals surface area contributed by atoms with Crippen molar-refractivity contribution in [2.45, 2.75) is 150 Å². The summed E-state index contributed by atoms with van der Waals surface area (Å²) in [5.74, 6) is -2.82. The minimum absolute atomic E-state index is 0.0114. The number of hydrogen-bond acceptors (Lipinski definition) is 7. The molecule has 6 amide bonds. The van der Waals surface area contributed by atoms with Gasteiger partial charge in [-0.2, -0.15) is 0 Å². The van der Waals surface area contributed by atoms with Crippen LogP contribution in [0.3, 0.4) is 0 Å². The van der Waals surface area contributed by atoms with Crippen molar-refractivity contribution in [1.29, 1.82) is 0 Å². The predicted octanol–water partition coefficient (Wildman–Crippen LogP) is 3.28. The van der Waals surface area contributed by atoms with Crippen molar-refractivity contribution in [3.05, 3.63) is 0 Å². The van der Waals surface area contributed by atoms with Gasteiger partial charge in [-0.3, -0.25) is 24.0 Å². The quantitative estimate of drug-likeness (QED) is 0.249. The van der Waals surface area contributed by atoms with E-state index < -0.39 is 70.1 Å². The number of ether oxygens (including phenoxy) is 1. The van der Waals surface area contributed by atoms with Crippen LogP contribution in [0.1, 0.15) is 121 Å². The van der Waals surface area contributed by atoms with E-state index in [0.717, 1.165) is 38.5 Å². The molecule has 5 N–H and O–H groups in total. The first-order valence-corrected chi connectivity index (χ1v) is 19.3. The number of amides is 6. The van der Waals surface area contributed by atoms with Crippen LogP contribution in [-0.2, 0) is 28.7 Å². The van der Waals surface area contributed by atoms with Gasteiger partial charge in [0.1, 0.15) is 18.1 Å². The van der Waals surface area contributed by atoms with Crippen molar-refractivity contribution in [3.63, 3.8) is 0 Å². The van der Waals surface area contributed by atoms with E-state index in [-0.39, 0.29) is 28.1 Å². The summed E-state index contributed by atoms with van der Waals surface area (Å²) in [6.45, 7) is 21.1. The Morgan fingerprint density at radius 2 is 1.40 bits per heavy atom. The number of fused-ring (bicyclic) bond motifs is 1. The van der Waals surface area contributed by atoms with Gasteiger partial charge >= 0.3 is 6.03 Å². The Kier molecular flexibility index (Phi) is 10.4. The molecule has 2 heterocycles. The topological polar surface area (TPSA) is 180 Å². The fraction of sp³-hybridized carbons (Fsp3) is 0.846. The van der Waals surface area contributed by atoms with Crippen LogP contribution in [0, 0.1) is 33.0 Å². The van der Waals surface area contributed by atoms with Crippen LogP contribution in [0.25, 0.3) is 0 Å². The summed E-state index contributed by atoms with van der Waals surface area (Å²) >= 11 is 0. The molecule has 2 aliphatic heterocycles. The fourth-order valence-electron chi connectivity index (χ4n) is 9.99. The molecule has 3 saturated carbocycles. The van der Waals surface area contributed by atoms with Crippen LogP contribution in [-0.4, -0.2) is 101 Å². The first-order chi connectivity index (χ1) is 23.9. The van der Waals surface area contributed by atoms with Crippen molar-refractivity contribution < 1.29 is 33.5 Å². The van der Waals surface area contributed by atoms with E-state index in [9.17, 15) is 28.8 Å². The number of rotatable bonds is 10. The molecule has 5 aliphatic rings. The van der Waals surface area contributed by atoms with Crippen molar-refractivity contribution in [2.75, 3.05) is 26.3 Å². The second kappa shape index (κ2) is 13.6. The Morgan fingerprint density at radius 1 is 0.827 bits per heavy atom. The largest absolute Gasteiger partial charge is 0.377 e. The number of carbonyl (C=O) groups excluding carboxylic acids is 6. The lowest BCUT2D eigenvalue weighted by molar-refractivity contribution is -0.151. The third-order valence-corrected chi connectivity index (χ3v) is 13.8. The molecule has 0 aromatic rings. The first-order valence-electron chi connectivity index (χ1n) is 19.3. The molecule has 0 bridgehead atoms. The highest BCUT2D eigenvalue weighted by molar-refractivity contribution is 6.37. The molecule has 3 aliphatic carbocycles. The average Bonchev–Trinajstić information content (AvgIpc) is 3.20. The Balaban J connectivity index is 1.40. The van der Waals surface area contributed by atoms with Crippen LogP contribution in [0.2, 0.25) is 0 Å². The molecular formula is C39H64N6O7. The zero-order chi connectivity index (χ0) is 38.8. The summed E-state index contributed by atoms with van der Waals surface area (Å²) in [6, 6.07) is -4.56. The van der Waals surface area contributed by atoms with E-state index >= 15 is 0 Å². The summed E-state index contributed by atoms with van der Waals surface area (Å²) in [4.78, 5) is 85.4. The zero-order valence-electron chi connectivity index (χ0n) is 33.2. The van der Waals surface area contributed by atoms with Gasteiger partial charge in [0.2, 0.25) is 23.5 Å². The average molecular weight is 729 g/mol. The number of ketones is 1. The predicted molar refractivity (Wildman–Crippen MR) is 195 cm³/mol. The van der Waals surface area contributed by atoms with Gasteiger partial charge < -0.3 is 36.2 Å². The SMILES string of the molecule is CC(C)(C)[C@H](NC(=O)N[C@H](C(=O)N1CCOCC1(C)C)C(C)(C)C)C(=O)N1C[C@]2(C[C@H]1C(=O)NC(CC1CCC1)C(=O)C(N)=O)C(C)(C)C21CCC1. The van der Waals surface area contributed by atoms with Crippen LogP contribution >= 0.6 is 0 Å². The van der Waals surface area contributed by atoms with Crippen molar-refractivity contribution in [1.82, 2.24) is 25.8 Å². The van der Waals surface area contributed by atoms with E-state index in [4.69, 9.17) is 10.5 Å². The molecular weight excluding hydrogens is 664 g/mol. The Morgan fingerprint density at radius 3 is 1.85 bits per heavy atom. The molecule has 292 valence electrons. The van der Waals surface area contributed by atoms with E-state index in [2.05, 4.69) is 29.8 Å². The summed E-state index contributed by atoms with van der Waals surface area (Å²) in [5, 5.41) is 8.69. The summed E-state index contributed by atoms with van der Waals surface area (Å²) in [7, 11) is 0. The van der Waals surface area contributed by atoms with Gasteiger partial charge in [-0.05, 0) is 67.1 Å². The van der Waals surface area contributed by atoms with Gasteiger partial charge in [0.15, 0.2) is 0 Å². The highest BCUT2D eigenvalue weighted by Crippen LogP contribution is 2.88. The van der Waals surface area contributed by atoms with E-state index in [1.165, 1.54) is 0 Å². The lowest BCUT2D eigenvalue weighted by Crippen LogP contribution is -2.65. The molecule has 2 saturated heterocycles. The van der Waals surface area contributed by atoms with E-state index in [0.29, 0.717) is 39.1 Å². The number of nitrogens with zero attached hydrogens (tertiary/aromatic N) is 2. The Bertz CT molecular complexity index is 1470. The van der Waals surface area contributed by atoms with Crippen LogP contribution in [0.5, 0.6) is 0 Å². The zero-order valence-corrected chi connectivity index (χ0v) is 33.2. The molecule has 0 aromatic heterocycles. The smallest absolute Gasteiger partial charge is 0.316 e. The summed E-state index contributed by atoms with van der Waals surface area (Å²) in [6.07, 6.45) is 6.75. The molecule has 5 rings (SSSR count). The highest BCUT2D eigenvalue weighted by atomic mass is 16.5. The second-order valence-corrected chi connectivity index (χ2v) is 19.7. The number of morpholine rings is 1. The third kappa shape index (κ3) is 6.83. The molecule has 13 nitrogen and oxygen atoms in total. The maximum absolute atomic E-state index is 14.9. The Labute approximate surface area is 309 Å². The molecule has 5 atom stereocenters. The lowest BCUT2D eigenvalue weighted by atomic mass is 9.73. The standard InChI is InChI=1S/C39H64N6O7/c1-34(2,3)27(42-33(51)43-28(35(4,5)6)32(50)45-17-18-52-22-36(45,7)8)31(49)44-21-39(37(9,10)38(39)15-12-16-38)20-25(44)30(48)41-24(26(46)29(40)47)19-23-13-11-14-23/h23-25,27-28H,11-22H2,1-10H3,(H2,40,47)(H,41,48)(H2,42,43,51)/t24?,25-,27+,28+,39+/m0/s1. The normalized spacial score (nSPS) is 27.8. The number of Topliss-reactive ketones (excluding diaryl/α,β-unsaturated/α-hetero) is 1. The molecule has 0 aromatic carbocycles. The Hall–Kier alpha value is -3.22. The van der Waals surface area contributed by atoms with Gasteiger partial charge in [-0.15, -0.1) is 0 Å². The second-order valence-electron chi connectivity index (χ2n) is 19.7.